The Kier molecular flexibility index (Phi) is 3.72. The molecule has 0 spiro atoms. The molecule has 0 bridgehead atoms. The van der Waals surface area contributed by atoms with Gasteiger partial charge in [0.05, 0.1) is 17.2 Å². The number of carbonyl (C=O) groups is 1. The molecular weight excluding hydrogens is 387 g/mol. The molecule has 1 atom stereocenters. The van der Waals surface area contributed by atoms with Crippen LogP contribution in [0.3, 0.4) is 0 Å². The van der Waals surface area contributed by atoms with Crippen LogP contribution in [0.2, 0.25) is 0 Å². The summed E-state index contributed by atoms with van der Waals surface area (Å²) in [6, 6.07) is 2.25. The van der Waals surface area contributed by atoms with Crippen molar-refractivity contribution in [1.82, 2.24) is 4.98 Å². The van der Waals surface area contributed by atoms with Gasteiger partial charge in [-0.25, -0.2) is 4.98 Å². The van der Waals surface area contributed by atoms with E-state index in [-0.39, 0.29) is 17.0 Å². The number of hydrogen-bond acceptors (Lipinski definition) is 5. The molecule has 1 unspecified atom stereocenters. The van der Waals surface area contributed by atoms with Crippen LogP contribution >= 0.6 is 21.6 Å². The van der Waals surface area contributed by atoms with E-state index in [1.54, 1.807) is 4.90 Å². The lowest BCUT2D eigenvalue weighted by atomic mass is 10.1. The Balaban J connectivity index is 1.89. The Morgan fingerprint density at radius 1 is 1.28 bits per heavy atom. The first-order valence-corrected chi connectivity index (χ1v) is 9.88. The quantitative estimate of drug-likeness (QED) is 0.602. The van der Waals surface area contributed by atoms with Gasteiger partial charge in [0.15, 0.2) is 5.13 Å². The van der Waals surface area contributed by atoms with E-state index in [0.29, 0.717) is 24.6 Å². The van der Waals surface area contributed by atoms with Gasteiger partial charge in [0.25, 0.3) is 0 Å². The molecule has 2 heterocycles. The fourth-order valence-electron chi connectivity index (χ4n) is 2.45. The standard InChI is InChI=1S/C14H13F5N2O2S2/c15-25(16,17,18,19)11-3-1-2-9(6-11)13(23)12-7-20-14(24-12)21-5-4-10(22)8-21/h1-3,6-7,10,22H,4-5,8H2. The van der Waals surface area contributed by atoms with Crippen molar-refractivity contribution in [3.63, 3.8) is 0 Å². The summed E-state index contributed by atoms with van der Waals surface area (Å²) in [6.07, 6.45) is 1.24. The average Bonchev–Trinajstić information content (AvgIpc) is 3.13. The third-order valence-corrected chi connectivity index (χ3v) is 5.89. The summed E-state index contributed by atoms with van der Waals surface area (Å²) in [4.78, 5) is 16.0. The van der Waals surface area contributed by atoms with Crippen molar-refractivity contribution in [1.29, 1.82) is 0 Å². The summed E-state index contributed by atoms with van der Waals surface area (Å²) in [5.74, 6) is -0.813. The number of carbonyl (C=O) groups excluding carboxylic acids is 1. The number of aromatic nitrogens is 1. The molecule has 11 heteroatoms. The Morgan fingerprint density at radius 3 is 2.60 bits per heavy atom. The highest BCUT2D eigenvalue weighted by molar-refractivity contribution is 8.45. The number of halogens is 5. The minimum atomic E-state index is -9.85. The van der Waals surface area contributed by atoms with Gasteiger partial charge in [0.2, 0.25) is 5.78 Å². The van der Waals surface area contributed by atoms with Crippen LogP contribution in [0.5, 0.6) is 0 Å². The first-order chi connectivity index (χ1) is 11.3. The molecule has 2 aromatic rings. The lowest BCUT2D eigenvalue weighted by molar-refractivity contribution is 0.104. The number of aliphatic hydroxyl groups is 1. The number of β-amino-alcohol motifs (C(OH)–C–C–N with tert-alkyl or cyclic N) is 1. The van der Waals surface area contributed by atoms with E-state index in [4.69, 9.17) is 0 Å². The van der Waals surface area contributed by atoms with Gasteiger partial charge in [0.1, 0.15) is 4.90 Å². The summed E-state index contributed by atoms with van der Waals surface area (Å²) < 4.78 is 64.4. The Labute approximate surface area is 143 Å². The molecule has 1 aromatic carbocycles. The molecule has 0 saturated carbocycles. The SMILES string of the molecule is O=C(c1cccc(S(F)(F)(F)(F)F)c1)c1cnc(N2CCC(O)C2)s1. The number of hydrogen-bond donors (Lipinski definition) is 1. The molecule has 25 heavy (non-hydrogen) atoms. The van der Waals surface area contributed by atoms with E-state index in [1.807, 2.05) is 0 Å². The number of aliphatic hydroxyl groups excluding tert-OH is 1. The third-order valence-electron chi connectivity index (χ3n) is 3.69. The Bertz CT molecular complexity index is 838. The molecule has 1 aliphatic rings. The second-order valence-electron chi connectivity index (χ2n) is 5.72. The van der Waals surface area contributed by atoms with Crippen molar-refractivity contribution in [2.75, 3.05) is 18.0 Å². The van der Waals surface area contributed by atoms with Crippen LogP contribution in [0.4, 0.5) is 24.6 Å². The number of thiazole rings is 1. The third kappa shape index (κ3) is 3.93. The van der Waals surface area contributed by atoms with Crippen LogP contribution in [0.1, 0.15) is 21.7 Å². The predicted molar refractivity (Wildman–Crippen MR) is 86.2 cm³/mol. The fraction of sp³-hybridized carbons (Fsp3) is 0.286. The van der Waals surface area contributed by atoms with Crippen LogP contribution in [-0.4, -0.2) is 35.1 Å². The van der Waals surface area contributed by atoms with Gasteiger partial charge in [-0.2, -0.15) is 0 Å². The molecule has 1 fully saturated rings. The molecular formula is C14H13F5N2O2S2. The fourth-order valence-corrected chi connectivity index (χ4v) is 4.05. The van der Waals surface area contributed by atoms with Crippen LogP contribution in [0.25, 0.3) is 0 Å². The molecule has 3 rings (SSSR count). The van der Waals surface area contributed by atoms with E-state index in [0.717, 1.165) is 23.5 Å². The summed E-state index contributed by atoms with van der Waals surface area (Å²) in [5.41, 5.74) is -0.484. The highest BCUT2D eigenvalue weighted by Crippen LogP contribution is 3.02. The van der Waals surface area contributed by atoms with E-state index in [2.05, 4.69) is 4.98 Å². The minimum Gasteiger partial charge on any atom is -0.391 e. The van der Waals surface area contributed by atoms with Crippen molar-refractivity contribution in [2.24, 2.45) is 0 Å². The van der Waals surface area contributed by atoms with Crippen molar-refractivity contribution >= 4 is 32.5 Å². The highest BCUT2D eigenvalue weighted by Gasteiger charge is 2.65. The number of nitrogens with zero attached hydrogens (tertiary/aromatic N) is 2. The maximum Gasteiger partial charge on any atom is 0.310 e. The van der Waals surface area contributed by atoms with Crippen molar-refractivity contribution in [2.45, 2.75) is 17.4 Å². The summed E-state index contributed by atoms with van der Waals surface area (Å²) in [6.45, 7) is 0.892. The second kappa shape index (κ2) is 5.15. The van der Waals surface area contributed by atoms with E-state index >= 15 is 0 Å². The number of ketones is 1. The number of anilines is 1. The maximum atomic E-state index is 12.9. The Morgan fingerprint density at radius 2 is 2.00 bits per heavy atom. The summed E-state index contributed by atoms with van der Waals surface area (Å²) >= 11 is 0.942. The lowest BCUT2D eigenvalue weighted by Gasteiger charge is -2.40. The first kappa shape index (κ1) is 18.1. The van der Waals surface area contributed by atoms with Crippen molar-refractivity contribution < 1.29 is 29.3 Å². The van der Waals surface area contributed by atoms with Crippen LogP contribution < -0.4 is 4.90 Å². The molecule has 0 amide bonds. The normalized spacial score (nSPS) is 21.0. The first-order valence-electron chi connectivity index (χ1n) is 7.11. The zero-order valence-electron chi connectivity index (χ0n) is 12.5. The second-order valence-corrected chi connectivity index (χ2v) is 9.14. The van der Waals surface area contributed by atoms with Gasteiger partial charge in [-0.05, 0) is 18.6 Å². The zero-order chi connectivity index (χ0) is 18.5. The van der Waals surface area contributed by atoms with Crippen LogP contribution in [0.15, 0.2) is 35.4 Å². The van der Waals surface area contributed by atoms with Gasteiger partial charge < -0.3 is 10.0 Å². The summed E-state index contributed by atoms with van der Waals surface area (Å²) in [7, 11) is -9.85. The smallest absolute Gasteiger partial charge is 0.310 e. The van der Waals surface area contributed by atoms with Gasteiger partial charge in [0, 0.05) is 18.7 Å². The van der Waals surface area contributed by atoms with Crippen molar-refractivity contribution in [3.8, 4) is 0 Å². The molecule has 0 radical (unpaired) electrons. The van der Waals surface area contributed by atoms with Gasteiger partial charge in [-0.1, -0.05) is 42.9 Å². The zero-order valence-corrected chi connectivity index (χ0v) is 14.2. The lowest BCUT2D eigenvalue weighted by Crippen LogP contribution is -2.20. The number of rotatable bonds is 4. The monoisotopic (exact) mass is 400 g/mol. The predicted octanol–water partition coefficient (Wildman–Crippen LogP) is 4.60. The maximum absolute atomic E-state index is 12.9. The number of benzene rings is 1. The summed E-state index contributed by atoms with van der Waals surface area (Å²) in [5, 5.41) is 9.95. The van der Waals surface area contributed by atoms with Crippen LogP contribution in [-0.2, 0) is 0 Å². The van der Waals surface area contributed by atoms with Gasteiger partial charge >= 0.3 is 10.2 Å². The highest BCUT2D eigenvalue weighted by atomic mass is 32.5. The Hall–Kier alpha value is -1.72. The van der Waals surface area contributed by atoms with Crippen molar-refractivity contribution in [3.05, 3.63) is 40.9 Å². The molecule has 1 aliphatic heterocycles. The topological polar surface area (TPSA) is 53.4 Å². The average molecular weight is 400 g/mol. The van der Waals surface area contributed by atoms with E-state index in [1.165, 1.54) is 6.20 Å². The minimum absolute atomic E-state index is 0.0377. The molecule has 4 nitrogen and oxygen atoms in total. The van der Waals surface area contributed by atoms with Gasteiger partial charge in [-0.3, -0.25) is 4.79 Å². The molecule has 1 aromatic heterocycles. The van der Waals surface area contributed by atoms with Gasteiger partial charge in [-0.15, -0.1) is 0 Å². The van der Waals surface area contributed by atoms with Crippen LogP contribution in [0, 0.1) is 0 Å². The van der Waals surface area contributed by atoms with E-state index < -0.39 is 32.6 Å². The molecule has 0 aliphatic carbocycles. The largest absolute Gasteiger partial charge is 0.391 e. The molecule has 138 valence electrons. The molecule has 1 saturated heterocycles. The van der Waals surface area contributed by atoms with E-state index in [9.17, 15) is 29.3 Å². The molecule has 1 N–H and O–H groups in total.